The quantitative estimate of drug-likeness (QED) is 0.589. The number of carbonyl (C=O) groups is 1. The van der Waals surface area contributed by atoms with Gasteiger partial charge >= 0.3 is 0 Å². The van der Waals surface area contributed by atoms with E-state index >= 15 is 0 Å². The maximum atomic E-state index is 11.6. The van der Waals surface area contributed by atoms with Crippen LogP contribution in [0.5, 0.6) is 0 Å². The molecular formula is C14H30N2O3. The zero-order chi connectivity index (χ0) is 14.7. The van der Waals surface area contributed by atoms with Crippen molar-refractivity contribution in [3.05, 3.63) is 0 Å². The van der Waals surface area contributed by atoms with Crippen molar-refractivity contribution in [2.24, 2.45) is 11.1 Å². The van der Waals surface area contributed by atoms with E-state index in [2.05, 4.69) is 5.32 Å². The van der Waals surface area contributed by atoms with Gasteiger partial charge in [-0.15, -0.1) is 0 Å². The number of ether oxygens (including phenoxy) is 2. The van der Waals surface area contributed by atoms with Crippen LogP contribution in [0.1, 0.15) is 40.0 Å². The molecule has 0 fully saturated rings. The van der Waals surface area contributed by atoms with E-state index < -0.39 is 0 Å². The molecule has 114 valence electrons. The minimum atomic E-state index is -0.107. The van der Waals surface area contributed by atoms with Gasteiger partial charge in [0.2, 0.25) is 5.91 Å². The predicted octanol–water partition coefficient (Wildman–Crippen LogP) is 1.31. The molecule has 0 saturated carbocycles. The topological polar surface area (TPSA) is 73.6 Å². The van der Waals surface area contributed by atoms with Crippen molar-refractivity contribution >= 4 is 5.91 Å². The molecule has 0 spiro atoms. The van der Waals surface area contributed by atoms with E-state index in [1.807, 2.05) is 20.8 Å². The predicted molar refractivity (Wildman–Crippen MR) is 77.0 cm³/mol. The molecule has 0 aromatic rings. The lowest BCUT2D eigenvalue weighted by molar-refractivity contribution is -0.121. The molecule has 1 atom stereocenters. The minimum absolute atomic E-state index is 0.0303. The van der Waals surface area contributed by atoms with Gasteiger partial charge in [-0.1, -0.05) is 20.8 Å². The molecule has 0 rings (SSSR count). The SMILES string of the molecule is COCCOCCCCNC(=O)CC(N)C(C)(C)C. The monoisotopic (exact) mass is 274 g/mol. The van der Waals surface area contributed by atoms with Gasteiger partial charge < -0.3 is 20.5 Å². The Balaban J connectivity index is 3.44. The van der Waals surface area contributed by atoms with Gasteiger partial charge in [0.05, 0.1) is 13.2 Å². The fourth-order valence-corrected chi connectivity index (χ4v) is 1.38. The summed E-state index contributed by atoms with van der Waals surface area (Å²) in [5, 5.41) is 2.89. The van der Waals surface area contributed by atoms with Crippen molar-refractivity contribution in [3.8, 4) is 0 Å². The Morgan fingerprint density at radius 3 is 2.47 bits per heavy atom. The van der Waals surface area contributed by atoms with Crippen LogP contribution in [0.4, 0.5) is 0 Å². The lowest BCUT2D eigenvalue weighted by Crippen LogP contribution is -2.40. The normalized spacial score (nSPS) is 13.3. The van der Waals surface area contributed by atoms with E-state index in [4.69, 9.17) is 15.2 Å². The Hall–Kier alpha value is -0.650. The van der Waals surface area contributed by atoms with Crippen molar-refractivity contribution in [3.63, 3.8) is 0 Å². The maximum absolute atomic E-state index is 11.6. The number of hydrogen-bond acceptors (Lipinski definition) is 4. The molecule has 5 nitrogen and oxygen atoms in total. The van der Waals surface area contributed by atoms with Crippen LogP contribution in [0.15, 0.2) is 0 Å². The van der Waals surface area contributed by atoms with Crippen LogP contribution in [0.25, 0.3) is 0 Å². The number of nitrogens with one attached hydrogen (secondary N) is 1. The molecule has 1 amide bonds. The highest BCUT2D eigenvalue weighted by Crippen LogP contribution is 2.19. The number of methoxy groups -OCH3 is 1. The molecule has 0 aromatic carbocycles. The van der Waals surface area contributed by atoms with Crippen molar-refractivity contribution < 1.29 is 14.3 Å². The van der Waals surface area contributed by atoms with Gasteiger partial charge in [-0.05, 0) is 18.3 Å². The Morgan fingerprint density at radius 2 is 1.89 bits per heavy atom. The summed E-state index contributed by atoms with van der Waals surface area (Å²) in [4.78, 5) is 11.6. The number of hydrogen-bond donors (Lipinski definition) is 2. The molecule has 5 heteroatoms. The van der Waals surface area contributed by atoms with Crippen LogP contribution in [0, 0.1) is 5.41 Å². The zero-order valence-electron chi connectivity index (χ0n) is 12.8. The highest BCUT2D eigenvalue weighted by molar-refractivity contribution is 5.76. The minimum Gasteiger partial charge on any atom is -0.382 e. The lowest BCUT2D eigenvalue weighted by atomic mass is 9.85. The first-order chi connectivity index (χ1) is 8.88. The van der Waals surface area contributed by atoms with Crippen LogP contribution in [0.3, 0.4) is 0 Å². The average Bonchev–Trinajstić information content (AvgIpc) is 2.31. The van der Waals surface area contributed by atoms with Crippen molar-refractivity contribution in [2.45, 2.75) is 46.1 Å². The second-order valence-electron chi connectivity index (χ2n) is 5.84. The number of carbonyl (C=O) groups excluding carboxylic acids is 1. The summed E-state index contributed by atoms with van der Waals surface area (Å²) < 4.78 is 10.2. The molecule has 19 heavy (non-hydrogen) atoms. The van der Waals surface area contributed by atoms with Gasteiger partial charge in [0.25, 0.3) is 0 Å². The average molecular weight is 274 g/mol. The summed E-state index contributed by atoms with van der Waals surface area (Å²) >= 11 is 0. The van der Waals surface area contributed by atoms with E-state index in [0.29, 0.717) is 32.8 Å². The van der Waals surface area contributed by atoms with E-state index in [0.717, 1.165) is 12.8 Å². The Bertz CT molecular complexity index is 239. The van der Waals surface area contributed by atoms with Gasteiger partial charge in [0.15, 0.2) is 0 Å². The second-order valence-corrected chi connectivity index (χ2v) is 5.84. The third kappa shape index (κ3) is 10.9. The summed E-state index contributed by atoms with van der Waals surface area (Å²) in [7, 11) is 1.65. The first-order valence-corrected chi connectivity index (χ1v) is 6.97. The van der Waals surface area contributed by atoms with E-state index in [9.17, 15) is 4.79 Å². The lowest BCUT2D eigenvalue weighted by Gasteiger charge is -2.26. The van der Waals surface area contributed by atoms with Crippen LogP contribution in [-0.2, 0) is 14.3 Å². The molecule has 0 aliphatic rings. The molecule has 0 radical (unpaired) electrons. The van der Waals surface area contributed by atoms with Crippen LogP contribution in [0.2, 0.25) is 0 Å². The number of nitrogens with two attached hydrogens (primary N) is 1. The van der Waals surface area contributed by atoms with E-state index in [-0.39, 0.29) is 17.4 Å². The van der Waals surface area contributed by atoms with E-state index in [1.54, 1.807) is 7.11 Å². The molecule has 1 unspecified atom stereocenters. The Kier molecular flexibility index (Phi) is 9.83. The first-order valence-electron chi connectivity index (χ1n) is 6.97. The molecule has 0 saturated heterocycles. The molecule has 0 heterocycles. The van der Waals surface area contributed by atoms with Gasteiger partial charge in [-0.3, -0.25) is 4.79 Å². The second kappa shape index (κ2) is 10.2. The fraction of sp³-hybridized carbons (Fsp3) is 0.929. The molecule has 0 aliphatic carbocycles. The standard InChI is InChI=1S/C14H30N2O3/c1-14(2,3)12(15)11-13(17)16-7-5-6-8-19-10-9-18-4/h12H,5-11,15H2,1-4H3,(H,16,17). The fourth-order valence-electron chi connectivity index (χ4n) is 1.38. The first kappa shape index (κ1) is 18.4. The smallest absolute Gasteiger partial charge is 0.221 e. The van der Waals surface area contributed by atoms with Gasteiger partial charge in [0, 0.05) is 32.7 Å². The van der Waals surface area contributed by atoms with E-state index in [1.165, 1.54) is 0 Å². The van der Waals surface area contributed by atoms with Gasteiger partial charge in [-0.2, -0.15) is 0 Å². The van der Waals surface area contributed by atoms with Crippen molar-refractivity contribution in [1.29, 1.82) is 0 Å². The third-order valence-corrected chi connectivity index (χ3v) is 2.99. The number of rotatable bonds is 10. The largest absolute Gasteiger partial charge is 0.382 e. The Morgan fingerprint density at radius 1 is 1.21 bits per heavy atom. The van der Waals surface area contributed by atoms with Crippen LogP contribution >= 0.6 is 0 Å². The molecule has 0 aliphatic heterocycles. The highest BCUT2D eigenvalue weighted by atomic mass is 16.5. The number of amides is 1. The third-order valence-electron chi connectivity index (χ3n) is 2.99. The molecule has 3 N–H and O–H groups in total. The summed E-state index contributed by atoms with van der Waals surface area (Å²) in [5.74, 6) is 0.0303. The van der Waals surface area contributed by atoms with Crippen LogP contribution in [-0.4, -0.2) is 45.4 Å². The zero-order valence-corrected chi connectivity index (χ0v) is 12.8. The summed E-state index contributed by atoms with van der Waals surface area (Å²) in [6.45, 7) is 8.78. The molecule has 0 aromatic heterocycles. The van der Waals surface area contributed by atoms with Crippen molar-refractivity contribution in [2.75, 3.05) is 33.5 Å². The van der Waals surface area contributed by atoms with Gasteiger partial charge in [0.1, 0.15) is 0 Å². The molecular weight excluding hydrogens is 244 g/mol. The van der Waals surface area contributed by atoms with Crippen LogP contribution < -0.4 is 11.1 Å². The summed E-state index contributed by atoms with van der Waals surface area (Å²) in [6, 6.07) is -0.107. The summed E-state index contributed by atoms with van der Waals surface area (Å²) in [6.07, 6.45) is 2.24. The molecule has 0 bridgehead atoms. The number of unbranched alkanes of at least 4 members (excludes halogenated alkanes) is 1. The van der Waals surface area contributed by atoms with Crippen molar-refractivity contribution in [1.82, 2.24) is 5.32 Å². The Labute approximate surface area is 117 Å². The highest BCUT2D eigenvalue weighted by Gasteiger charge is 2.22. The summed E-state index contributed by atoms with van der Waals surface area (Å²) in [5.41, 5.74) is 5.92. The van der Waals surface area contributed by atoms with Gasteiger partial charge in [-0.25, -0.2) is 0 Å². The maximum Gasteiger partial charge on any atom is 0.221 e.